The molecule has 150 valence electrons. The number of nitrogens with zero attached hydrogens (tertiary/aromatic N) is 1. The molecule has 28 heavy (non-hydrogen) atoms. The lowest BCUT2D eigenvalue weighted by atomic mass is 9.77. The lowest BCUT2D eigenvalue weighted by Crippen LogP contribution is -2.52. The maximum absolute atomic E-state index is 12.7. The zero-order valence-corrected chi connectivity index (χ0v) is 16.2. The highest BCUT2D eigenvalue weighted by molar-refractivity contribution is 6.08. The van der Waals surface area contributed by atoms with E-state index in [1.807, 2.05) is 6.07 Å². The van der Waals surface area contributed by atoms with Crippen molar-refractivity contribution in [1.29, 1.82) is 0 Å². The van der Waals surface area contributed by atoms with Crippen molar-refractivity contribution >= 4 is 23.8 Å². The van der Waals surface area contributed by atoms with Crippen LogP contribution in [0.15, 0.2) is 30.3 Å². The Balaban J connectivity index is 1.53. The Bertz CT molecular complexity index is 772. The maximum Gasteiger partial charge on any atom is 0.344 e. The molecule has 1 aliphatic heterocycles. The maximum atomic E-state index is 12.7. The Labute approximate surface area is 164 Å². The number of amides is 5. The van der Waals surface area contributed by atoms with E-state index in [1.165, 1.54) is 0 Å². The van der Waals surface area contributed by atoms with Gasteiger partial charge in [-0.25, -0.2) is 4.79 Å². The molecule has 8 nitrogen and oxygen atoms in total. The smallest absolute Gasteiger partial charge is 0.344 e. The number of benzene rings is 1. The average Bonchev–Trinajstić information content (AvgIpc) is 2.89. The fourth-order valence-corrected chi connectivity index (χ4v) is 3.71. The second-order valence-electron chi connectivity index (χ2n) is 7.81. The van der Waals surface area contributed by atoms with Crippen LogP contribution in [0.3, 0.4) is 0 Å². The number of carbonyl (C=O) groups excluding carboxylic acids is 4. The van der Waals surface area contributed by atoms with Crippen molar-refractivity contribution in [3.63, 3.8) is 0 Å². The van der Waals surface area contributed by atoms with Gasteiger partial charge in [0.1, 0.15) is 5.54 Å². The van der Waals surface area contributed by atoms with Gasteiger partial charge in [-0.3, -0.25) is 19.8 Å². The fourth-order valence-electron chi connectivity index (χ4n) is 3.71. The van der Waals surface area contributed by atoms with Crippen LogP contribution in [0, 0.1) is 5.92 Å². The van der Waals surface area contributed by atoms with Gasteiger partial charge < -0.3 is 10.6 Å². The summed E-state index contributed by atoms with van der Waals surface area (Å²) in [5, 5.41) is 6.27. The fraction of sp³-hybridized carbons (Fsp3) is 0.500. The van der Waals surface area contributed by atoms with E-state index in [1.54, 1.807) is 31.2 Å². The Morgan fingerprint density at radius 3 is 2.50 bits per heavy atom. The molecule has 0 radical (unpaired) electrons. The minimum Gasteiger partial charge on any atom is -0.349 e. The number of carbonyl (C=O) groups is 4. The molecule has 1 saturated carbocycles. The number of hydrogen-bond acceptors (Lipinski definition) is 4. The van der Waals surface area contributed by atoms with Crippen molar-refractivity contribution in [1.82, 2.24) is 21.1 Å². The molecule has 2 aliphatic rings. The van der Waals surface area contributed by atoms with Gasteiger partial charge in [0.2, 0.25) is 5.91 Å². The van der Waals surface area contributed by atoms with Crippen LogP contribution in [0.1, 0.15) is 56.3 Å². The van der Waals surface area contributed by atoms with E-state index in [0.29, 0.717) is 24.3 Å². The van der Waals surface area contributed by atoms with Gasteiger partial charge in [0, 0.05) is 18.0 Å². The highest BCUT2D eigenvalue weighted by Crippen LogP contribution is 2.35. The van der Waals surface area contributed by atoms with Crippen LogP contribution in [0.2, 0.25) is 0 Å². The Hall–Kier alpha value is -2.90. The van der Waals surface area contributed by atoms with E-state index in [4.69, 9.17) is 0 Å². The highest BCUT2D eigenvalue weighted by atomic mass is 16.2. The molecule has 3 rings (SSSR count). The second-order valence-corrected chi connectivity index (χ2v) is 7.81. The molecule has 1 heterocycles. The molecule has 1 unspecified atom stereocenters. The molecule has 1 aromatic rings. The van der Waals surface area contributed by atoms with E-state index in [0.717, 1.165) is 17.9 Å². The molecule has 0 aromatic heterocycles. The lowest BCUT2D eigenvalue weighted by molar-refractivity contribution is -0.140. The van der Waals surface area contributed by atoms with E-state index < -0.39 is 29.4 Å². The average molecular weight is 386 g/mol. The normalized spacial score (nSPS) is 25.4. The van der Waals surface area contributed by atoms with Crippen LogP contribution in [-0.4, -0.2) is 40.3 Å². The van der Waals surface area contributed by atoms with Gasteiger partial charge in [0.05, 0.1) is 0 Å². The standard InChI is InChI=1S/C20H26N4O4/c1-13-8-10-20(11-9-13)18(27)24(19(28)22-20)23-16(25)12-14(2)21-17(26)15-6-4-3-5-7-15/h3-7,13-14H,8-12H2,1-2H3,(H,21,26)(H,22,28)(H,23,25). The van der Waals surface area contributed by atoms with Crippen LogP contribution >= 0.6 is 0 Å². The molecule has 1 aliphatic carbocycles. The number of imide groups is 1. The van der Waals surface area contributed by atoms with Gasteiger partial charge in [-0.1, -0.05) is 25.1 Å². The summed E-state index contributed by atoms with van der Waals surface area (Å²) in [6.07, 6.45) is 2.82. The molecule has 8 heteroatoms. The van der Waals surface area contributed by atoms with Crippen molar-refractivity contribution in [2.45, 2.75) is 57.5 Å². The van der Waals surface area contributed by atoms with Crippen molar-refractivity contribution in [3.05, 3.63) is 35.9 Å². The molecular weight excluding hydrogens is 360 g/mol. The first kappa shape index (κ1) is 19.9. The predicted molar refractivity (Wildman–Crippen MR) is 102 cm³/mol. The Kier molecular flexibility index (Phi) is 5.67. The number of urea groups is 1. The quantitative estimate of drug-likeness (QED) is 0.670. The molecule has 0 bridgehead atoms. The van der Waals surface area contributed by atoms with E-state index in [9.17, 15) is 19.2 Å². The number of hydrogen-bond donors (Lipinski definition) is 3. The SMILES string of the molecule is CC1CCC2(CC1)NC(=O)N(NC(=O)CC(C)NC(=O)c1ccccc1)C2=O. The first-order valence-electron chi connectivity index (χ1n) is 9.63. The zero-order valence-electron chi connectivity index (χ0n) is 16.2. The van der Waals surface area contributed by atoms with Crippen molar-refractivity contribution in [2.24, 2.45) is 5.92 Å². The third kappa shape index (κ3) is 4.16. The molecule has 1 atom stereocenters. The third-order valence-electron chi connectivity index (χ3n) is 5.43. The molecule has 3 N–H and O–H groups in total. The van der Waals surface area contributed by atoms with Gasteiger partial charge in [-0.15, -0.1) is 0 Å². The Morgan fingerprint density at radius 2 is 1.86 bits per heavy atom. The summed E-state index contributed by atoms with van der Waals surface area (Å²) < 4.78 is 0. The molecule has 1 spiro atoms. The van der Waals surface area contributed by atoms with Gasteiger partial charge in [-0.2, -0.15) is 5.01 Å². The summed E-state index contributed by atoms with van der Waals surface area (Å²) >= 11 is 0. The van der Waals surface area contributed by atoms with Crippen LogP contribution in [0.4, 0.5) is 4.79 Å². The number of rotatable bonds is 5. The van der Waals surface area contributed by atoms with Crippen molar-refractivity contribution < 1.29 is 19.2 Å². The van der Waals surface area contributed by atoms with E-state index in [2.05, 4.69) is 23.0 Å². The van der Waals surface area contributed by atoms with Gasteiger partial charge in [0.15, 0.2) is 0 Å². The summed E-state index contributed by atoms with van der Waals surface area (Å²) in [5.74, 6) is -0.677. The highest BCUT2D eigenvalue weighted by Gasteiger charge is 2.52. The molecule has 1 aromatic carbocycles. The predicted octanol–water partition coefficient (Wildman–Crippen LogP) is 1.73. The molecular formula is C20H26N4O4. The van der Waals surface area contributed by atoms with Crippen LogP contribution in [0.25, 0.3) is 0 Å². The van der Waals surface area contributed by atoms with Crippen molar-refractivity contribution in [3.8, 4) is 0 Å². The van der Waals surface area contributed by atoms with Crippen LogP contribution < -0.4 is 16.1 Å². The number of nitrogens with one attached hydrogen (secondary N) is 3. The monoisotopic (exact) mass is 386 g/mol. The summed E-state index contributed by atoms with van der Waals surface area (Å²) in [5.41, 5.74) is 1.99. The third-order valence-corrected chi connectivity index (χ3v) is 5.43. The summed E-state index contributed by atoms with van der Waals surface area (Å²) in [7, 11) is 0. The van der Waals surface area contributed by atoms with Gasteiger partial charge in [-0.05, 0) is 50.7 Å². The summed E-state index contributed by atoms with van der Waals surface area (Å²) in [6.45, 7) is 3.81. The minimum absolute atomic E-state index is 0.0559. The summed E-state index contributed by atoms with van der Waals surface area (Å²) in [4.78, 5) is 49.4. The second kappa shape index (κ2) is 8.00. The first-order valence-corrected chi connectivity index (χ1v) is 9.63. The zero-order chi connectivity index (χ0) is 20.3. The largest absolute Gasteiger partial charge is 0.349 e. The van der Waals surface area contributed by atoms with Gasteiger partial charge >= 0.3 is 6.03 Å². The summed E-state index contributed by atoms with van der Waals surface area (Å²) in [6, 6.07) is 7.62. The lowest BCUT2D eigenvalue weighted by Gasteiger charge is -2.33. The van der Waals surface area contributed by atoms with Crippen LogP contribution in [0.5, 0.6) is 0 Å². The van der Waals surface area contributed by atoms with Gasteiger partial charge in [0.25, 0.3) is 11.8 Å². The van der Waals surface area contributed by atoms with E-state index in [-0.39, 0.29) is 12.3 Å². The topological polar surface area (TPSA) is 108 Å². The first-order chi connectivity index (χ1) is 13.3. The van der Waals surface area contributed by atoms with Crippen LogP contribution in [-0.2, 0) is 9.59 Å². The molecule has 2 fully saturated rings. The molecule has 5 amide bonds. The minimum atomic E-state index is -0.899. The van der Waals surface area contributed by atoms with E-state index >= 15 is 0 Å². The van der Waals surface area contributed by atoms with Crippen molar-refractivity contribution in [2.75, 3.05) is 0 Å². The number of hydrazine groups is 1. The molecule has 1 saturated heterocycles. The Morgan fingerprint density at radius 1 is 1.21 bits per heavy atom.